The van der Waals surface area contributed by atoms with E-state index in [1.807, 2.05) is 42.6 Å². The minimum absolute atomic E-state index is 0.499. The minimum Gasteiger partial charge on any atom is -0.338 e. The zero-order valence-electron chi connectivity index (χ0n) is 11.1. The predicted molar refractivity (Wildman–Crippen MR) is 74.1 cm³/mol. The van der Waals surface area contributed by atoms with Gasteiger partial charge in [-0.3, -0.25) is 4.40 Å². The number of nitrogens with two attached hydrogens (primary N) is 1. The van der Waals surface area contributed by atoms with Crippen molar-refractivity contribution in [1.82, 2.24) is 24.7 Å². The monoisotopic (exact) mass is 290 g/mol. The highest BCUT2D eigenvalue weighted by Crippen LogP contribution is 2.22. The van der Waals surface area contributed by atoms with Crippen LogP contribution >= 0.6 is 11.8 Å². The first-order valence-electron chi connectivity index (χ1n) is 6.08. The highest BCUT2D eigenvalue weighted by molar-refractivity contribution is 7.98. The Balaban J connectivity index is 1.75. The van der Waals surface area contributed by atoms with Crippen molar-refractivity contribution < 1.29 is 4.52 Å². The largest absolute Gasteiger partial charge is 0.338 e. The predicted octanol–water partition coefficient (Wildman–Crippen LogP) is 1.60. The first-order chi connectivity index (χ1) is 9.54. The van der Waals surface area contributed by atoms with Gasteiger partial charge in [0, 0.05) is 6.20 Å². The maximum atomic E-state index is 5.92. The maximum Gasteiger partial charge on any atom is 0.237 e. The molecule has 2 N–H and O–H groups in total. The zero-order chi connectivity index (χ0) is 14.2. The molecule has 20 heavy (non-hydrogen) atoms. The third-order valence-corrected chi connectivity index (χ3v) is 3.58. The molecule has 0 unspecified atom stereocenters. The van der Waals surface area contributed by atoms with Crippen LogP contribution < -0.4 is 5.73 Å². The highest BCUT2D eigenvalue weighted by atomic mass is 32.2. The Hall–Kier alpha value is -1.93. The lowest BCUT2D eigenvalue weighted by Gasteiger charge is -2.11. The van der Waals surface area contributed by atoms with Gasteiger partial charge in [-0.25, -0.2) is 0 Å². The van der Waals surface area contributed by atoms with Gasteiger partial charge in [0.05, 0.1) is 11.3 Å². The summed E-state index contributed by atoms with van der Waals surface area (Å²) in [5.41, 5.74) is 6.12. The second kappa shape index (κ2) is 4.88. The highest BCUT2D eigenvalue weighted by Gasteiger charge is 2.21. The van der Waals surface area contributed by atoms with E-state index in [0.29, 0.717) is 17.5 Å². The number of hydrogen-bond donors (Lipinski definition) is 1. The van der Waals surface area contributed by atoms with Crippen LogP contribution in [0.25, 0.3) is 5.65 Å². The van der Waals surface area contributed by atoms with Crippen molar-refractivity contribution in [1.29, 1.82) is 0 Å². The van der Waals surface area contributed by atoms with E-state index in [0.717, 1.165) is 10.8 Å². The van der Waals surface area contributed by atoms with Crippen molar-refractivity contribution in [3.63, 3.8) is 0 Å². The molecule has 3 heterocycles. The van der Waals surface area contributed by atoms with Crippen LogP contribution in [0, 0.1) is 0 Å². The molecule has 0 amide bonds. The van der Waals surface area contributed by atoms with Crippen LogP contribution in [0.5, 0.6) is 0 Å². The summed E-state index contributed by atoms with van der Waals surface area (Å²) in [5, 5.41) is 12.9. The molecule has 0 fully saturated rings. The van der Waals surface area contributed by atoms with Gasteiger partial charge in [0.1, 0.15) is 0 Å². The molecular formula is C12H14N6OS. The molecule has 0 atom stereocenters. The van der Waals surface area contributed by atoms with Crippen molar-refractivity contribution in [2.75, 3.05) is 0 Å². The SMILES string of the molecule is CC(C)(N)c1noc(CSc2nnc3ccccn23)n1. The summed E-state index contributed by atoms with van der Waals surface area (Å²) >= 11 is 1.49. The van der Waals surface area contributed by atoms with Crippen LogP contribution in [0.2, 0.25) is 0 Å². The van der Waals surface area contributed by atoms with E-state index in [4.69, 9.17) is 10.3 Å². The molecule has 0 bridgehead atoms. The molecule has 0 aliphatic heterocycles. The van der Waals surface area contributed by atoms with E-state index in [-0.39, 0.29) is 0 Å². The van der Waals surface area contributed by atoms with Crippen LogP contribution in [-0.2, 0) is 11.3 Å². The Bertz CT molecular complexity index is 729. The topological polar surface area (TPSA) is 95.1 Å². The Morgan fingerprint density at radius 2 is 2.20 bits per heavy atom. The molecule has 0 saturated heterocycles. The number of hydrogen-bond acceptors (Lipinski definition) is 7. The number of rotatable bonds is 4. The van der Waals surface area contributed by atoms with E-state index in [1.165, 1.54) is 11.8 Å². The van der Waals surface area contributed by atoms with Crippen molar-refractivity contribution in [2.24, 2.45) is 5.73 Å². The summed E-state index contributed by atoms with van der Waals surface area (Å²) < 4.78 is 7.09. The van der Waals surface area contributed by atoms with Crippen molar-refractivity contribution in [3.05, 3.63) is 36.1 Å². The molecule has 3 rings (SSSR count). The summed E-state index contributed by atoms with van der Waals surface area (Å²) in [7, 11) is 0. The molecule has 0 aliphatic rings. The number of pyridine rings is 1. The van der Waals surface area contributed by atoms with Crippen molar-refractivity contribution in [3.8, 4) is 0 Å². The summed E-state index contributed by atoms with van der Waals surface area (Å²) in [4.78, 5) is 4.28. The fourth-order valence-corrected chi connectivity index (χ4v) is 2.38. The number of aromatic nitrogens is 5. The number of nitrogens with zero attached hydrogens (tertiary/aromatic N) is 5. The van der Waals surface area contributed by atoms with Crippen LogP contribution in [-0.4, -0.2) is 24.7 Å². The Kier molecular flexibility index (Phi) is 3.19. The van der Waals surface area contributed by atoms with Crippen molar-refractivity contribution in [2.45, 2.75) is 30.3 Å². The third-order valence-electron chi connectivity index (χ3n) is 2.65. The maximum absolute atomic E-state index is 5.92. The van der Waals surface area contributed by atoms with Crippen molar-refractivity contribution >= 4 is 17.4 Å². The second-order valence-electron chi connectivity index (χ2n) is 4.93. The van der Waals surface area contributed by atoms with Gasteiger partial charge in [-0.2, -0.15) is 4.98 Å². The van der Waals surface area contributed by atoms with Gasteiger partial charge in [0.15, 0.2) is 16.6 Å². The molecule has 7 nitrogen and oxygen atoms in total. The first-order valence-corrected chi connectivity index (χ1v) is 7.07. The van der Waals surface area contributed by atoms with Gasteiger partial charge in [-0.1, -0.05) is 23.0 Å². The van der Waals surface area contributed by atoms with Crippen LogP contribution in [0.15, 0.2) is 34.1 Å². The molecule has 104 valence electrons. The van der Waals surface area contributed by atoms with Gasteiger partial charge >= 0.3 is 0 Å². The third kappa shape index (κ3) is 2.52. The summed E-state index contributed by atoms with van der Waals surface area (Å²) in [6, 6.07) is 5.76. The fraction of sp³-hybridized carbons (Fsp3) is 0.333. The number of fused-ring (bicyclic) bond motifs is 1. The first kappa shape index (κ1) is 13.1. The smallest absolute Gasteiger partial charge is 0.237 e. The lowest BCUT2D eigenvalue weighted by molar-refractivity contribution is 0.369. The number of thioether (sulfide) groups is 1. The average Bonchev–Trinajstić information content (AvgIpc) is 3.02. The summed E-state index contributed by atoms with van der Waals surface area (Å²) in [6.45, 7) is 3.67. The molecule has 0 spiro atoms. The molecule has 0 aromatic carbocycles. The fourth-order valence-electron chi connectivity index (χ4n) is 1.62. The Morgan fingerprint density at radius 1 is 1.35 bits per heavy atom. The summed E-state index contributed by atoms with van der Waals surface area (Å²) in [5.74, 6) is 1.55. The van der Waals surface area contributed by atoms with Gasteiger partial charge < -0.3 is 10.3 Å². The van der Waals surface area contributed by atoms with Gasteiger partial charge in [0.2, 0.25) is 5.89 Å². The van der Waals surface area contributed by atoms with E-state index >= 15 is 0 Å². The molecule has 0 aliphatic carbocycles. The van der Waals surface area contributed by atoms with Crippen LogP contribution in [0.1, 0.15) is 25.6 Å². The Morgan fingerprint density at radius 3 is 2.95 bits per heavy atom. The second-order valence-corrected chi connectivity index (χ2v) is 5.88. The summed E-state index contributed by atoms with van der Waals surface area (Å²) in [6.07, 6.45) is 1.92. The normalized spacial score (nSPS) is 12.2. The minimum atomic E-state index is -0.603. The molecule has 3 aromatic rings. The van der Waals surface area contributed by atoms with E-state index in [2.05, 4.69) is 20.3 Å². The van der Waals surface area contributed by atoms with E-state index in [1.54, 1.807) is 0 Å². The quantitative estimate of drug-likeness (QED) is 0.729. The average molecular weight is 290 g/mol. The Labute approximate surface area is 119 Å². The van der Waals surface area contributed by atoms with E-state index < -0.39 is 5.54 Å². The molecule has 3 aromatic heterocycles. The molecule has 0 saturated carbocycles. The lowest BCUT2D eigenvalue weighted by Crippen LogP contribution is -2.30. The standard InChI is InChI=1S/C12H14N6OS/c1-12(2,13)10-14-9(19-17-10)7-20-11-16-15-8-5-3-4-6-18(8)11/h3-6H,7,13H2,1-2H3. The molecule has 0 radical (unpaired) electrons. The van der Waals surface area contributed by atoms with Gasteiger partial charge in [-0.05, 0) is 26.0 Å². The van der Waals surface area contributed by atoms with Crippen LogP contribution in [0.4, 0.5) is 0 Å². The van der Waals surface area contributed by atoms with Crippen LogP contribution in [0.3, 0.4) is 0 Å². The lowest BCUT2D eigenvalue weighted by atomic mass is 10.1. The van der Waals surface area contributed by atoms with Gasteiger partial charge in [-0.15, -0.1) is 10.2 Å². The zero-order valence-corrected chi connectivity index (χ0v) is 12.0. The van der Waals surface area contributed by atoms with Gasteiger partial charge in [0.25, 0.3) is 0 Å². The van der Waals surface area contributed by atoms with E-state index in [9.17, 15) is 0 Å². The molecular weight excluding hydrogens is 276 g/mol. The molecule has 8 heteroatoms.